The predicted octanol–water partition coefficient (Wildman–Crippen LogP) is 10.4. The quantitative estimate of drug-likeness (QED) is 0.235. The first-order chi connectivity index (χ1) is 19.8. The van der Waals surface area contributed by atoms with Gasteiger partial charge in [-0.25, -0.2) is 4.98 Å². The molecule has 0 aliphatic heterocycles. The molecule has 6 aromatic carbocycles. The largest absolute Gasteiger partial charge is 0.437 e. The van der Waals surface area contributed by atoms with Gasteiger partial charge in [0.05, 0.1) is 0 Å². The van der Waals surface area contributed by atoms with Crippen molar-refractivity contribution in [1.82, 2.24) is 4.98 Å². The van der Waals surface area contributed by atoms with Crippen molar-refractivity contribution < 1.29 is 4.42 Å². The third kappa shape index (κ3) is 3.71. The Morgan fingerprint density at radius 2 is 1.15 bits per heavy atom. The van der Waals surface area contributed by atoms with Crippen molar-refractivity contribution >= 4 is 60.7 Å². The van der Waals surface area contributed by atoms with E-state index in [9.17, 15) is 0 Å². The Morgan fingerprint density at radius 3 is 2.05 bits per heavy atom. The maximum atomic E-state index is 6.22. The lowest BCUT2D eigenvalue weighted by Gasteiger charge is -2.26. The zero-order chi connectivity index (χ0) is 26.5. The molecular weight excluding hydrogens is 488 g/mol. The summed E-state index contributed by atoms with van der Waals surface area (Å²) >= 11 is 0. The smallest absolute Gasteiger partial charge is 0.227 e. The Morgan fingerprint density at radius 1 is 0.450 bits per heavy atom. The lowest BCUT2D eigenvalue weighted by atomic mass is 10.0. The fourth-order valence-electron chi connectivity index (χ4n) is 5.74. The van der Waals surface area contributed by atoms with Crippen LogP contribution >= 0.6 is 0 Å². The fraction of sp³-hybridized carbons (Fsp3) is 0. The van der Waals surface area contributed by atoms with Crippen molar-refractivity contribution in [2.24, 2.45) is 0 Å². The molecule has 0 saturated heterocycles. The normalized spacial score (nSPS) is 11.5. The van der Waals surface area contributed by atoms with E-state index in [1.54, 1.807) is 6.20 Å². The highest BCUT2D eigenvalue weighted by Crippen LogP contribution is 2.40. The van der Waals surface area contributed by atoms with Gasteiger partial charge in [0.25, 0.3) is 0 Å². The van der Waals surface area contributed by atoms with Crippen LogP contribution in [0.25, 0.3) is 54.7 Å². The molecule has 0 N–H and O–H groups in total. The SMILES string of the molecule is c1ccc(-c2cccc(N(c3ccc4ccccc4c3)c3ccc4c(ccc5c6cccnc6oc45)c3)c2)cc1. The monoisotopic (exact) mass is 512 g/mol. The minimum absolute atomic E-state index is 0.671. The summed E-state index contributed by atoms with van der Waals surface area (Å²) in [5.74, 6) is 0. The van der Waals surface area contributed by atoms with Gasteiger partial charge in [-0.15, -0.1) is 0 Å². The van der Waals surface area contributed by atoms with Crippen LogP contribution in [-0.2, 0) is 0 Å². The Balaban J connectivity index is 1.33. The molecule has 3 heteroatoms. The van der Waals surface area contributed by atoms with Gasteiger partial charge in [-0.3, -0.25) is 0 Å². The van der Waals surface area contributed by atoms with Gasteiger partial charge in [0.1, 0.15) is 5.58 Å². The van der Waals surface area contributed by atoms with Gasteiger partial charge in [-0.1, -0.05) is 78.9 Å². The van der Waals surface area contributed by atoms with E-state index < -0.39 is 0 Å². The fourth-order valence-corrected chi connectivity index (χ4v) is 5.74. The summed E-state index contributed by atoms with van der Waals surface area (Å²) in [5.41, 5.74) is 7.22. The molecule has 8 aromatic rings. The summed E-state index contributed by atoms with van der Waals surface area (Å²) in [6, 6.07) is 49.4. The molecule has 188 valence electrons. The summed E-state index contributed by atoms with van der Waals surface area (Å²) in [7, 11) is 0. The first-order valence-corrected chi connectivity index (χ1v) is 13.5. The number of fused-ring (bicyclic) bond motifs is 6. The van der Waals surface area contributed by atoms with E-state index in [0.29, 0.717) is 5.71 Å². The molecule has 0 aliphatic carbocycles. The molecular formula is C37H24N2O. The summed E-state index contributed by atoms with van der Waals surface area (Å²) in [5, 5.41) is 6.76. The molecule has 0 saturated carbocycles. The second-order valence-electron chi connectivity index (χ2n) is 10.1. The van der Waals surface area contributed by atoms with Crippen LogP contribution in [0.15, 0.2) is 150 Å². The van der Waals surface area contributed by atoms with Gasteiger partial charge >= 0.3 is 0 Å². The van der Waals surface area contributed by atoms with Crippen LogP contribution in [0.4, 0.5) is 17.1 Å². The highest BCUT2D eigenvalue weighted by molar-refractivity contribution is 6.14. The number of hydrogen-bond acceptors (Lipinski definition) is 3. The van der Waals surface area contributed by atoms with E-state index in [1.165, 1.54) is 21.9 Å². The number of hydrogen-bond donors (Lipinski definition) is 0. The molecule has 0 aliphatic rings. The van der Waals surface area contributed by atoms with Crippen molar-refractivity contribution in [2.45, 2.75) is 0 Å². The van der Waals surface area contributed by atoms with Gasteiger partial charge in [-0.2, -0.15) is 0 Å². The van der Waals surface area contributed by atoms with Gasteiger partial charge in [0.2, 0.25) is 5.71 Å². The van der Waals surface area contributed by atoms with E-state index in [4.69, 9.17) is 4.42 Å². The summed E-state index contributed by atoms with van der Waals surface area (Å²) in [6.07, 6.45) is 1.77. The number of rotatable bonds is 4. The van der Waals surface area contributed by atoms with Crippen LogP contribution in [0.1, 0.15) is 0 Å². The number of aromatic nitrogens is 1. The molecule has 0 atom stereocenters. The van der Waals surface area contributed by atoms with E-state index in [2.05, 4.69) is 143 Å². The maximum Gasteiger partial charge on any atom is 0.227 e. The molecule has 0 spiro atoms. The van der Waals surface area contributed by atoms with E-state index in [-0.39, 0.29) is 0 Å². The maximum absolute atomic E-state index is 6.22. The highest BCUT2D eigenvalue weighted by atomic mass is 16.3. The Labute approximate surface area is 231 Å². The minimum Gasteiger partial charge on any atom is -0.437 e. The topological polar surface area (TPSA) is 29.3 Å². The summed E-state index contributed by atoms with van der Waals surface area (Å²) in [4.78, 5) is 6.77. The van der Waals surface area contributed by atoms with E-state index >= 15 is 0 Å². The van der Waals surface area contributed by atoms with Crippen LogP contribution < -0.4 is 4.90 Å². The van der Waals surface area contributed by atoms with Crippen molar-refractivity contribution in [1.29, 1.82) is 0 Å². The average Bonchev–Trinajstić information content (AvgIpc) is 3.41. The molecule has 0 radical (unpaired) electrons. The van der Waals surface area contributed by atoms with Crippen LogP contribution in [0.2, 0.25) is 0 Å². The number of furan rings is 1. The number of pyridine rings is 1. The van der Waals surface area contributed by atoms with Crippen LogP contribution in [0, 0.1) is 0 Å². The lowest BCUT2D eigenvalue weighted by Crippen LogP contribution is -2.10. The van der Waals surface area contributed by atoms with Gasteiger partial charge in [0, 0.05) is 39.4 Å². The predicted molar refractivity (Wildman–Crippen MR) is 167 cm³/mol. The Bertz CT molecular complexity index is 2180. The van der Waals surface area contributed by atoms with Gasteiger partial charge in [0.15, 0.2) is 0 Å². The third-order valence-corrected chi connectivity index (χ3v) is 7.67. The zero-order valence-electron chi connectivity index (χ0n) is 21.7. The summed E-state index contributed by atoms with van der Waals surface area (Å²) < 4.78 is 6.22. The van der Waals surface area contributed by atoms with Crippen LogP contribution in [0.5, 0.6) is 0 Å². The van der Waals surface area contributed by atoms with Crippen molar-refractivity contribution in [3.05, 3.63) is 146 Å². The molecule has 40 heavy (non-hydrogen) atoms. The minimum atomic E-state index is 0.671. The molecule has 2 aromatic heterocycles. The molecule has 3 nitrogen and oxygen atoms in total. The van der Waals surface area contributed by atoms with Gasteiger partial charge < -0.3 is 9.32 Å². The molecule has 2 heterocycles. The van der Waals surface area contributed by atoms with Crippen molar-refractivity contribution in [2.75, 3.05) is 4.90 Å². The zero-order valence-corrected chi connectivity index (χ0v) is 21.7. The number of nitrogens with zero attached hydrogens (tertiary/aromatic N) is 2. The van der Waals surface area contributed by atoms with Crippen LogP contribution in [0.3, 0.4) is 0 Å². The number of anilines is 3. The second-order valence-corrected chi connectivity index (χ2v) is 10.1. The third-order valence-electron chi connectivity index (χ3n) is 7.67. The highest BCUT2D eigenvalue weighted by Gasteiger charge is 2.17. The van der Waals surface area contributed by atoms with Gasteiger partial charge in [-0.05, 0) is 87.9 Å². The second kappa shape index (κ2) is 9.11. The Kier molecular flexibility index (Phi) is 5.14. The van der Waals surface area contributed by atoms with E-state index in [1.807, 2.05) is 6.07 Å². The Hall–Kier alpha value is -5.41. The summed E-state index contributed by atoms with van der Waals surface area (Å²) in [6.45, 7) is 0. The molecule has 0 fully saturated rings. The molecule has 0 bridgehead atoms. The number of benzene rings is 6. The van der Waals surface area contributed by atoms with Crippen molar-refractivity contribution in [3.63, 3.8) is 0 Å². The molecule has 8 rings (SSSR count). The standard InChI is InChI=1S/C37H24N2O/c1-2-8-25(9-3-1)28-12-6-13-30(22-28)39(31-17-15-26-10-4-5-11-27(26)23-31)32-18-20-33-29(24-32)16-19-34-35-14-7-21-38-37(35)40-36(33)34/h1-24H. The van der Waals surface area contributed by atoms with Crippen molar-refractivity contribution in [3.8, 4) is 11.1 Å². The molecule has 0 amide bonds. The lowest BCUT2D eigenvalue weighted by molar-refractivity contribution is 0.657. The first-order valence-electron chi connectivity index (χ1n) is 13.5. The van der Waals surface area contributed by atoms with E-state index in [0.717, 1.165) is 44.2 Å². The first kappa shape index (κ1) is 22.6. The molecule has 0 unspecified atom stereocenters. The average molecular weight is 513 g/mol. The van der Waals surface area contributed by atoms with Crippen LogP contribution in [-0.4, -0.2) is 4.98 Å².